The fraction of sp³-hybridized carbons (Fsp3) is 0.538. The van der Waals surface area contributed by atoms with Crippen LogP contribution < -0.4 is 11.3 Å². The normalized spacial score (nSPS) is 17.0. The average molecular weight is 278 g/mol. The smallest absolute Gasteiger partial charge is 0.152 e. The summed E-state index contributed by atoms with van der Waals surface area (Å²) in [4.78, 5) is 11.7. The van der Waals surface area contributed by atoms with Gasteiger partial charge in [-0.05, 0) is 32.3 Å². The first-order chi connectivity index (χ1) is 9.20. The van der Waals surface area contributed by atoms with Crippen molar-refractivity contribution >= 4 is 27.4 Å². The van der Waals surface area contributed by atoms with E-state index in [4.69, 9.17) is 15.6 Å². The monoisotopic (exact) mass is 278 g/mol. The van der Waals surface area contributed by atoms with Gasteiger partial charge in [-0.1, -0.05) is 0 Å². The second-order valence-electron chi connectivity index (χ2n) is 4.92. The minimum atomic E-state index is 0.382. The van der Waals surface area contributed by atoms with E-state index in [1.54, 1.807) is 11.3 Å². The zero-order valence-electron chi connectivity index (χ0n) is 11.2. The molecule has 5 nitrogen and oxygen atoms in total. The van der Waals surface area contributed by atoms with Crippen molar-refractivity contribution in [3.63, 3.8) is 0 Å². The average Bonchev–Trinajstić information content (AvgIpc) is 2.74. The molecule has 102 valence electrons. The molecule has 1 saturated heterocycles. The Bertz CT molecular complexity index is 604. The largest absolute Gasteiger partial charge is 0.381 e. The number of rotatable bonds is 2. The summed E-state index contributed by atoms with van der Waals surface area (Å²) in [7, 11) is 0. The minimum Gasteiger partial charge on any atom is -0.381 e. The summed E-state index contributed by atoms with van der Waals surface area (Å²) in [6.45, 7) is 5.78. The molecule has 1 fully saturated rings. The number of fused-ring (bicyclic) bond motifs is 1. The quantitative estimate of drug-likeness (QED) is 0.652. The first-order valence-corrected chi connectivity index (χ1v) is 7.34. The number of hydrazine groups is 1. The molecular formula is C13H18N4OS. The predicted molar refractivity (Wildman–Crippen MR) is 77.5 cm³/mol. The molecule has 0 amide bonds. The number of aryl methyl sites for hydroxylation is 2. The Hall–Kier alpha value is -1.24. The van der Waals surface area contributed by atoms with Crippen molar-refractivity contribution in [2.75, 3.05) is 18.6 Å². The molecule has 1 aliphatic heterocycles. The fourth-order valence-corrected chi connectivity index (χ4v) is 3.55. The maximum absolute atomic E-state index is 5.63. The molecule has 3 heterocycles. The van der Waals surface area contributed by atoms with E-state index in [0.717, 1.165) is 47.9 Å². The molecule has 0 radical (unpaired) electrons. The van der Waals surface area contributed by atoms with Crippen LogP contribution in [0.3, 0.4) is 0 Å². The molecule has 0 aromatic carbocycles. The van der Waals surface area contributed by atoms with Crippen LogP contribution in [0.5, 0.6) is 0 Å². The van der Waals surface area contributed by atoms with E-state index in [9.17, 15) is 0 Å². The number of anilines is 1. The van der Waals surface area contributed by atoms with Gasteiger partial charge in [0.15, 0.2) is 5.82 Å². The van der Waals surface area contributed by atoms with Gasteiger partial charge in [-0.25, -0.2) is 15.8 Å². The van der Waals surface area contributed by atoms with Crippen LogP contribution in [0, 0.1) is 13.8 Å². The number of hydrogen-bond donors (Lipinski definition) is 2. The van der Waals surface area contributed by atoms with Gasteiger partial charge in [0.05, 0.1) is 5.39 Å². The summed E-state index contributed by atoms with van der Waals surface area (Å²) in [6.07, 6.45) is 1.97. The van der Waals surface area contributed by atoms with Gasteiger partial charge in [0.25, 0.3) is 0 Å². The van der Waals surface area contributed by atoms with Gasteiger partial charge in [0, 0.05) is 24.0 Å². The van der Waals surface area contributed by atoms with E-state index >= 15 is 0 Å². The number of nitrogens with two attached hydrogens (primary N) is 1. The van der Waals surface area contributed by atoms with Crippen LogP contribution in [-0.2, 0) is 4.74 Å². The van der Waals surface area contributed by atoms with Gasteiger partial charge in [-0.15, -0.1) is 11.3 Å². The summed E-state index contributed by atoms with van der Waals surface area (Å²) in [5.74, 6) is 7.65. The lowest BCUT2D eigenvalue weighted by Crippen LogP contribution is -2.18. The van der Waals surface area contributed by atoms with Gasteiger partial charge < -0.3 is 10.2 Å². The van der Waals surface area contributed by atoms with Gasteiger partial charge >= 0.3 is 0 Å². The number of thiophene rings is 1. The predicted octanol–water partition coefficient (Wildman–Crippen LogP) is 2.49. The number of aromatic nitrogens is 2. The van der Waals surface area contributed by atoms with Crippen molar-refractivity contribution in [2.45, 2.75) is 32.6 Å². The summed E-state index contributed by atoms with van der Waals surface area (Å²) < 4.78 is 5.40. The molecule has 0 unspecified atom stereocenters. The summed E-state index contributed by atoms with van der Waals surface area (Å²) >= 11 is 1.71. The van der Waals surface area contributed by atoms with Crippen molar-refractivity contribution in [1.29, 1.82) is 0 Å². The van der Waals surface area contributed by atoms with Crippen LogP contribution in [0.15, 0.2) is 0 Å². The lowest BCUT2D eigenvalue weighted by molar-refractivity contribution is 0.0837. The molecule has 0 saturated carbocycles. The highest BCUT2D eigenvalue weighted by atomic mass is 32.1. The van der Waals surface area contributed by atoms with Crippen LogP contribution in [0.25, 0.3) is 10.2 Å². The number of nitrogens with zero attached hydrogens (tertiary/aromatic N) is 2. The highest BCUT2D eigenvalue weighted by Crippen LogP contribution is 2.35. The maximum Gasteiger partial charge on any atom is 0.152 e. The van der Waals surface area contributed by atoms with Crippen molar-refractivity contribution in [3.8, 4) is 0 Å². The van der Waals surface area contributed by atoms with E-state index in [1.165, 1.54) is 10.4 Å². The number of nitrogens with one attached hydrogen (secondary N) is 1. The van der Waals surface area contributed by atoms with E-state index in [2.05, 4.69) is 24.3 Å². The van der Waals surface area contributed by atoms with Crippen molar-refractivity contribution in [1.82, 2.24) is 9.97 Å². The fourth-order valence-electron chi connectivity index (χ4n) is 2.51. The van der Waals surface area contributed by atoms with E-state index < -0.39 is 0 Å². The second-order valence-corrected chi connectivity index (χ2v) is 6.13. The van der Waals surface area contributed by atoms with E-state index in [0.29, 0.717) is 5.92 Å². The Labute approximate surface area is 116 Å². The molecule has 19 heavy (non-hydrogen) atoms. The standard InChI is InChI=1S/C13H18N4OS/c1-7-8(2)19-13-10(7)12(17-14)15-11(16-13)9-3-5-18-6-4-9/h9H,3-6,14H2,1-2H3,(H,15,16,17). The molecule has 0 spiro atoms. The molecule has 3 N–H and O–H groups in total. The summed E-state index contributed by atoms with van der Waals surface area (Å²) in [5.41, 5.74) is 3.94. The van der Waals surface area contributed by atoms with Crippen LogP contribution in [-0.4, -0.2) is 23.2 Å². The molecule has 2 aromatic heterocycles. The van der Waals surface area contributed by atoms with Crippen LogP contribution in [0.2, 0.25) is 0 Å². The SMILES string of the molecule is Cc1sc2nc(C3CCOCC3)nc(NN)c2c1C. The Morgan fingerprint density at radius 2 is 2.00 bits per heavy atom. The van der Waals surface area contributed by atoms with Crippen LogP contribution in [0.4, 0.5) is 5.82 Å². The molecular weight excluding hydrogens is 260 g/mol. The maximum atomic E-state index is 5.63. The zero-order valence-corrected chi connectivity index (χ0v) is 12.0. The highest BCUT2D eigenvalue weighted by Gasteiger charge is 2.22. The van der Waals surface area contributed by atoms with Crippen molar-refractivity contribution in [3.05, 3.63) is 16.3 Å². The molecule has 3 rings (SSSR count). The third-order valence-electron chi connectivity index (χ3n) is 3.77. The number of hydrogen-bond acceptors (Lipinski definition) is 6. The Kier molecular flexibility index (Phi) is 3.38. The molecule has 0 bridgehead atoms. The summed E-state index contributed by atoms with van der Waals surface area (Å²) in [5, 5.41) is 1.06. The molecule has 2 aromatic rings. The van der Waals surface area contributed by atoms with Crippen LogP contribution in [0.1, 0.15) is 35.0 Å². The first kappa shape index (κ1) is 12.8. The third kappa shape index (κ3) is 2.20. The lowest BCUT2D eigenvalue weighted by Gasteiger charge is -2.21. The Morgan fingerprint density at radius 3 is 2.68 bits per heavy atom. The van der Waals surface area contributed by atoms with E-state index in [1.807, 2.05) is 0 Å². The lowest BCUT2D eigenvalue weighted by atomic mass is 9.99. The van der Waals surface area contributed by atoms with Gasteiger partial charge in [0.1, 0.15) is 10.7 Å². The first-order valence-electron chi connectivity index (χ1n) is 6.52. The number of nitrogen functional groups attached to an aromatic ring is 1. The van der Waals surface area contributed by atoms with Crippen LogP contribution >= 0.6 is 11.3 Å². The van der Waals surface area contributed by atoms with Crippen molar-refractivity contribution < 1.29 is 4.74 Å². The molecule has 1 aliphatic rings. The molecule has 6 heteroatoms. The highest BCUT2D eigenvalue weighted by molar-refractivity contribution is 7.18. The second kappa shape index (κ2) is 5.03. The summed E-state index contributed by atoms with van der Waals surface area (Å²) in [6, 6.07) is 0. The Morgan fingerprint density at radius 1 is 1.26 bits per heavy atom. The minimum absolute atomic E-state index is 0.382. The van der Waals surface area contributed by atoms with Gasteiger partial charge in [-0.3, -0.25) is 0 Å². The molecule has 0 aliphatic carbocycles. The van der Waals surface area contributed by atoms with Gasteiger partial charge in [0.2, 0.25) is 0 Å². The van der Waals surface area contributed by atoms with Gasteiger partial charge in [-0.2, -0.15) is 0 Å². The van der Waals surface area contributed by atoms with E-state index in [-0.39, 0.29) is 0 Å². The topological polar surface area (TPSA) is 73.1 Å². The molecule has 0 atom stereocenters. The third-order valence-corrected chi connectivity index (χ3v) is 4.87. The Balaban J connectivity index is 2.11. The number of ether oxygens (including phenoxy) is 1. The van der Waals surface area contributed by atoms with Crippen molar-refractivity contribution in [2.24, 2.45) is 5.84 Å². The zero-order chi connectivity index (χ0) is 13.4.